The third kappa shape index (κ3) is 3.64. The normalized spacial score (nSPS) is 11.6. The molecule has 0 aliphatic rings. The van der Waals surface area contributed by atoms with Crippen molar-refractivity contribution in [3.63, 3.8) is 0 Å². The molecule has 0 fully saturated rings. The Morgan fingerprint density at radius 3 is 2.23 bits per heavy atom. The maximum Gasteiger partial charge on any atom is 0.331 e. The van der Waals surface area contributed by atoms with Gasteiger partial charge in [-0.25, -0.2) is 9.59 Å². The van der Waals surface area contributed by atoms with E-state index in [0.29, 0.717) is 0 Å². The zero-order chi connectivity index (χ0) is 17.1. The van der Waals surface area contributed by atoms with E-state index in [-0.39, 0.29) is 5.57 Å². The van der Waals surface area contributed by atoms with Gasteiger partial charge in [0.05, 0.1) is 0 Å². The molecule has 1 aromatic carbocycles. The monoisotopic (exact) mass is 302 g/mol. The Morgan fingerprint density at radius 1 is 1.18 bits per heavy atom. The third-order valence-corrected chi connectivity index (χ3v) is 3.81. The van der Waals surface area contributed by atoms with E-state index in [2.05, 4.69) is 13.2 Å². The summed E-state index contributed by atoms with van der Waals surface area (Å²) in [7, 11) is 0. The van der Waals surface area contributed by atoms with Crippen LogP contribution < -0.4 is 0 Å². The number of esters is 1. The van der Waals surface area contributed by atoms with Crippen molar-refractivity contribution < 1.29 is 19.4 Å². The summed E-state index contributed by atoms with van der Waals surface area (Å²) in [4.78, 5) is 22.7. The third-order valence-electron chi connectivity index (χ3n) is 3.81. The van der Waals surface area contributed by atoms with Crippen molar-refractivity contribution in [2.45, 2.75) is 38.7 Å². The minimum atomic E-state index is -1.03. The van der Waals surface area contributed by atoms with Crippen LogP contribution in [0.3, 0.4) is 0 Å². The van der Waals surface area contributed by atoms with Crippen molar-refractivity contribution in [3.8, 4) is 0 Å². The lowest BCUT2D eigenvalue weighted by Gasteiger charge is -2.29. The molecule has 1 aromatic rings. The van der Waals surface area contributed by atoms with Crippen LogP contribution in [0.15, 0.2) is 49.1 Å². The van der Waals surface area contributed by atoms with E-state index in [1.807, 2.05) is 24.3 Å². The van der Waals surface area contributed by atoms with Crippen LogP contribution in [0.1, 0.15) is 38.8 Å². The van der Waals surface area contributed by atoms with E-state index in [0.717, 1.165) is 17.2 Å². The molecule has 0 aliphatic carbocycles. The highest BCUT2D eigenvalue weighted by atomic mass is 16.6. The van der Waals surface area contributed by atoms with Crippen LogP contribution in [0.25, 0.3) is 0 Å². The van der Waals surface area contributed by atoms with E-state index in [9.17, 15) is 14.7 Å². The Labute approximate surface area is 131 Å². The van der Waals surface area contributed by atoms with Gasteiger partial charge in [-0.15, -0.1) is 0 Å². The number of hydrogen-bond acceptors (Lipinski definition) is 3. The zero-order valence-corrected chi connectivity index (χ0v) is 13.5. The fourth-order valence-electron chi connectivity index (χ4n) is 2.08. The lowest BCUT2D eigenvalue weighted by Crippen LogP contribution is -2.28. The van der Waals surface area contributed by atoms with E-state index in [1.54, 1.807) is 27.7 Å². The van der Waals surface area contributed by atoms with Gasteiger partial charge >= 0.3 is 11.9 Å². The van der Waals surface area contributed by atoms with Gasteiger partial charge in [0, 0.05) is 17.1 Å². The molecule has 118 valence electrons. The van der Waals surface area contributed by atoms with Crippen molar-refractivity contribution in [2.75, 3.05) is 0 Å². The average molecular weight is 302 g/mol. The SMILES string of the molecule is C=CC(=O)OC(C)(C)c1cccc(C(C)(C)C(=C)C(=O)O)c1. The topological polar surface area (TPSA) is 63.6 Å². The maximum absolute atomic E-state index is 11.4. The van der Waals surface area contributed by atoms with E-state index >= 15 is 0 Å². The molecule has 0 aromatic heterocycles. The summed E-state index contributed by atoms with van der Waals surface area (Å²) in [5, 5.41) is 9.18. The molecule has 0 atom stereocenters. The van der Waals surface area contributed by atoms with Gasteiger partial charge in [-0.1, -0.05) is 51.3 Å². The molecule has 0 heterocycles. The second-order valence-corrected chi connectivity index (χ2v) is 6.13. The first-order valence-corrected chi connectivity index (χ1v) is 6.91. The molecule has 4 nitrogen and oxygen atoms in total. The van der Waals surface area contributed by atoms with Gasteiger partial charge in [-0.3, -0.25) is 0 Å². The lowest BCUT2D eigenvalue weighted by molar-refractivity contribution is -0.151. The molecule has 0 saturated carbocycles. The van der Waals surface area contributed by atoms with Crippen LogP contribution in [0.5, 0.6) is 0 Å². The van der Waals surface area contributed by atoms with Crippen LogP contribution >= 0.6 is 0 Å². The molecule has 0 saturated heterocycles. The van der Waals surface area contributed by atoms with E-state index in [4.69, 9.17) is 4.74 Å². The fourth-order valence-corrected chi connectivity index (χ4v) is 2.08. The van der Waals surface area contributed by atoms with Gasteiger partial charge in [-0.05, 0) is 25.0 Å². The summed E-state index contributed by atoms with van der Waals surface area (Å²) in [5.41, 5.74) is 0.0830. The van der Waals surface area contributed by atoms with Gasteiger partial charge in [0.2, 0.25) is 0 Å². The van der Waals surface area contributed by atoms with E-state index in [1.165, 1.54) is 0 Å². The van der Waals surface area contributed by atoms with E-state index < -0.39 is 23.0 Å². The number of hydrogen-bond donors (Lipinski definition) is 1. The molecule has 22 heavy (non-hydrogen) atoms. The van der Waals surface area contributed by atoms with Crippen LogP contribution in [-0.2, 0) is 25.3 Å². The summed E-state index contributed by atoms with van der Waals surface area (Å²) in [6, 6.07) is 7.32. The molecule has 0 amide bonds. The minimum Gasteiger partial charge on any atom is -0.478 e. The number of carboxylic acid groups (broad SMARTS) is 1. The molecule has 0 spiro atoms. The van der Waals surface area contributed by atoms with Gasteiger partial charge in [0.15, 0.2) is 0 Å². The number of carbonyl (C=O) groups excluding carboxylic acids is 1. The molecule has 1 rings (SSSR count). The Morgan fingerprint density at radius 2 is 1.73 bits per heavy atom. The van der Waals surface area contributed by atoms with Crippen molar-refractivity contribution >= 4 is 11.9 Å². The Kier molecular flexibility index (Phi) is 4.97. The molecular formula is C18H22O4. The van der Waals surface area contributed by atoms with Gasteiger partial charge in [-0.2, -0.15) is 0 Å². The van der Waals surface area contributed by atoms with Crippen molar-refractivity contribution in [3.05, 3.63) is 60.2 Å². The highest BCUT2D eigenvalue weighted by Crippen LogP contribution is 2.34. The molecule has 0 radical (unpaired) electrons. The summed E-state index contributed by atoms with van der Waals surface area (Å²) in [6.07, 6.45) is 1.11. The summed E-state index contributed by atoms with van der Waals surface area (Å²) in [6.45, 7) is 14.2. The van der Waals surface area contributed by atoms with Crippen LogP contribution in [0, 0.1) is 0 Å². The first kappa shape index (κ1) is 17.7. The molecule has 0 unspecified atom stereocenters. The number of benzene rings is 1. The first-order valence-electron chi connectivity index (χ1n) is 6.91. The summed E-state index contributed by atoms with van der Waals surface area (Å²) in [5.74, 6) is -1.54. The smallest absolute Gasteiger partial charge is 0.331 e. The Bertz CT molecular complexity index is 624. The maximum atomic E-state index is 11.4. The van der Waals surface area contributed by atoms with Crippen molar-refractivity contribution in [1.29, 1.82) is 0 Å². The van der Waals surface area contributed by atoms with Gasteiger partial charge in [0.1, 0.15) is 5.60 Å². The fraction of sp³-hybridized carbons (Fsp3) is 0.333. The van der Waals surface area contributed by atoms with Crippen LogP contribution in [0.4, 0.5) is 0 Å². The standard InChI is InChI=1S/C18H22O4/c1-7-15(19)22-18(5,6)14-10-8-9-13(11-14)17(3,4)12(2)16(20)21/h7-11H,1-2H2,3-6H3,(H,20,21). The molecule has 0 aliphatic heterocycles. The molecule has 4 heteroatoms. The summed E-state index contributed by atoms with van der Waals surface area (Å²) < 4.78 is 5.35. The lowest BCUT2D eigenvalue weighted by atomic mass is 9.77. The zero-order valence-electron chi connectivity index (χ0n) is 13.5. The Balaban J connectivity index is 3.24. The first-order chi connectivity index (χ1) is 10.0. The van der Waals surface area contributed by atoms with Crippen molar-refractivity contribution in [1.82, 2.24) is 0 Å². The number of carboxylic acids is 1. The number of carbonyl (C=O) groups is 2. The number of rotatable bonds is 6. The average Bonchev–Trinajstić information content (AvgIpc) is 2.45. The van der Waals surface area contributed by atoms with Crippen molar-refractivity contribution in [2.24, 2.45) is 0 Å². The predicted molar refractivity (Wildman–Crippen MR) is 85.6 cm³/mol. The molecule has 0 bridgehead atoms. The minimum absolute atomic E-state index is 0.102. The molecular weight excluding hydrogens is 280 g/mol. The quantitative estimate of drug-likeness (QED) is 0.644. The highest BCUT2D eigenvalue weighted by Gasteiger charge is 2.31. The predicted octanol–water partition coefficient (Wildman–Crippen LogP) is 3.57. The van der Waals surface area contributed by atoms with Gasteiger partial charge < -0.3 is 9.84 Å². The highest BCUT2D eigenvalue weighted by molar-refractivity contribution is 5.88. The Hall–Kier alpha value is -2.36. The number of aliphatic carboxylic acids is 1. The van der Waals surface area contributed by atoms with Crippen LogP contribution in [0.2, 0.25) is 0 Å². The summed E-state index contributed by atoms with van der Waals surface area (Å²) >= 11 is 0. The largest absolute Gasteiger partial charge is 0.478 e. The second-order valence-electron chi connectivity index (χ2n) is 6.13. The number of ether oxygens (including phenoxy) is 1. The second kappa shape index (κ2) is 6.18. The molecule has 1 N–H and O–H groups in total. The van der Waals surface area contributed by atoms with Crippen LogP contribution in [-0.4, -0.2) is 17.0 Å². The van der Waals surface area contributed by atoms with Gasteiger partial charge in [0.25, 0.3) is 0 Å².